The van der Waals surface area contributed by atoms with E-state index < -0.39 is 0 Å². The number of para-hydroxylation sites is 3. The van der Waals surface area contributed by atoms with E-state index in [1.54, 1.807) is 39.5 Å². The van der Waals surface area contributed by atoms with Gasteiger partial charge >= 0.3 is 0 Å². The molecule has 0 aliphatic carbocycles. The Labute approximate surface area is 208 Å². The summed E-state index contributed by atoms with van der Waals surface area (Å²) in [5.41, 5.74) is 3.35. The maximum Gasteiger partial charge on any atom is 0.146 e. The van der Waals surface area contributed by atoms with Gasteiger partial charge in [-0.1, -0.05) is 36.4 Å². The van der Waals surface area contributed by atoms with Gasteiger partial charge in [-0.2, -0.15) is 15.3 Å². The van der Waals surface area contributed by atoms with Gasteiger partial charge in [-0.25, -0.2) is 0 Å². The van der Waals surface area contributed by atoms with E-state index in [-0.39, 0.29) is 0 Å². The predicted molar refractivity (Wildman–Crippen MR) is 138 cm³/mol. The molecular weight excluding hydrogens is 456 g/mol. The Morgan fingerprint density at radius 2 is 0.667 bits per heavy atom. The molecule has 0 fully saturated rings. The molecule has 9 heteroatoms. The Morgan fingerprint density at radius 1 is 0.389 bits per heavy atom. The molecule has 4 rings (SSSR count). The molecule has 0 saturated carbocycles. The Balaban J connectivity index is 1.71. The van der Waals surface area contributed by atoms with Gasteiger partial charge in [0.25, 0.3) is 0 Å². The molecule has 0 amide bonds. The fourth-order valence-corrected chi connectivity index (χ4v) is 3.22. The van der Waals surface area contributed by atoms with Crippen LogP contribution < -0.4 is 14.2 Å². The van der Waals surface area contributed by atoms with Crippen LogP contribution in [0.5, 0.6) is 17.2 Å². The molecule has 36 heavy (non-hydrogen) atoms. The molecule has 0 aromatic heterocycles. The third kappa shape index (κ3) is 6.15. The molecule has 0 heterocycles. The molecule has 0 saturated heterocycles. The topological polar surface area (TPSA) is 102 Å². The highest BCUT2D eigenvalue weighted by molar-refractivity contribution is 5.62. The van der Waals surface area contributed by atoms with E-state index in [1.165, 1.54) is 0 Å². The lowest BCUT2D eigenvalue weighted by atomic mass is 10.2. The normalized spacial score (nSPS) is 11.4. The van der Waals surface area contributed by atoms with Crippen LogP contribution in [0.1, 0.15) is 0 Å². The Kier molecular flexibility index (Phi) is 8.06. The van der Waals surface area contributed by atoms with Crippen LogP contribution in [0.2, 0.25) is 0 Å². The number of methoxy groups -OCH3 is 3. The first-order chi connectivity index (χ1) is 17.7. The van der Waals surface area contributed by atoms with Gasteiger partial charge < -0.3 is 14.2 Å². The lowest BCUT2D eigenvalue weighted by Gasteiger charge is -2.04. The average Bonchev–Trinajstić information content (AvgIpc) is 2.94. The fraction of sp³-hybridized carbons (Fsp3) is 0.111. The number of hydrogen-bond acceptors (Lipinski definition) is 9. The van der Waals surface area contributed by atoms with Gasteiger partial charge in [0, 0.05) is 0 Å². The van der Waals surface area contributed by atoms with Crippen molar-refractivity contribution in [3.05, 3.63) is 91.0 Å². The van der Waals surface area contributed by atoms with Crippen molar-refractivity contribution >= 4 is 34.1 Å². The molecule has 4 aromatic carbocycles. The van der Waals surface area contributed by atoms with Crippen molar-refractivity contribution in [2.24, 2.45) is 30.7 Å². The summed E-state index contributed by atoms with van der Waals surface area (Å²) in [6.07, 6.45) is 0. The monoisotopic (exact) mass is 480 g/mol. The van der Waals surface area contributed by atoms with Crippen LogP contribution in [0.4, 0.5) is 34.1 Å². The van der Waals surface area contributed by atoms with Crippen molar-refractivity contribution in [3.8, 4) is 17.2 Å². The number of benzene rings is 4. The SMILES string of the molecule is COc1ccccc1N=Nc1cc(N=Nc2ccccc2OC)cc(N=Nc2ccccc2OC)c1. The second kappa shape index (κ2) is 12.0. The molecule has 0 unspecified atom stereocenters. The number of hydrogen-bond donors (Lipinski definition) is 0. The van der Waals surface area contributed by atoms with Crippen molar-refractivity contribution in [1.82, 2.24) is 0 Å². The minimum Gasteiger partial charge on any atom is -0.494 e. The summed E-state index contributed by atoms with van der Waals surface area (Å²) >= 11 is 0. The van der Waals surface area contributed by atoms with Crippen molar-refractivity contribution in [2.45, 2.75) is 0 Å². The van der Waals surface area contributed by atoms with E-state index in [0.717, 1.165) is 0 Å². The van der Waals surface area contributed by atoms with E-state index in [1.807, 2.05) is 72.8 Å². The molecule has 9 nitrogen and oxygen atoms in total. The van der Waals surface area contributed by atoms with Crippen LogP contribution in [0.25, 0.3) is 0 Å². The lowest BCUT2D eigenvalue weighted by Crippen LogP contribution is -1.81. The highest BCUT2D eigenvalue weighted by atomic mass is 16.5. The largest absolute Gasteiger partial charge is 0.494 e. The van der Waals surface area contributed by atoms with Crippen LogP contribution in [-0.4, -0.2) is 21.3 Å². The van der Waals surface area contributed by atoms with Crippen molar-refractivity contribution < 1.29 is 14.2 Å². The van der Waals surface area contributed by atoms with Crippen LogP contribution >= 0.6 is 0 Å². The second-order valence-corrected chi connectivity index (χ2v) is 7.32. The van der Waals surface area contributed by atoms with Crippen molar-refractivity contribution in [2.75, 3.05) is 21.3 Å². The third-order valence-electron chi connectivity index (χ3n) is 4.96. The zero-order valence-corrected chi connectivity index (χ0v) is 20.1. The van der Waals surface area contributed by atoms with Gasteiger partial charge in [0.1, 0.15) is 34.3 Å². The lowest BCUT2D eigenvalue weighted by molar-refractivity contribution is 0.416. The van der Waals surface area contributed by atoms with Gasteiger partial charge in [-0.15, -0.1) is 15.3 Å². The van der Waals surface area contributed by atoms with Crippen molar-refractivity contribution in [1.29, 1.82) is 0 Å². The van der Waals surface area contributed by atoms with Crippen molar-refractivity contribution in [3.63, 3.8) is 0 Å². The Hall–Kier alpha value is -4.92. The number of rotatable bonds is 9. The molecule has 4 aromatic rings. The smallest absolute Gasteiger partial charge is 0.146 e. The van der Waals surface area contributed by atoms with Gasteiger partial charge in [0.15, 0.2) is 0 Å². The summed E-state index contributed by atoms with van der Waals surface area (Å²) in [7, 11) is 4.76. The van der Waals surface area contributed by atoms with E-state index in [0.29, 0.717) is 51.4 Å². The number of azo groups is 3. The zero-order chi connectivity index (χ0) is 25.2. The summed E-state index contributed by atoms with van der Waals surface area (Å²) in [5.74, 6) is 1.85. The number of nitrogens with zero attached hydrogens (tertiary/aromatic N) is 6. The number of ether oxygens (including phenoxy) is 3. The van der Waals surface area contributed by atoms with Gasteiger partial charge in [0.2, 0.25) is 0 Å². The summed E-state index contributed by atoms with van der Waals surface area (Å²) < 4.78 is 16.1. The second-order valence-electron chi connectivity index (χ2n) is 7.32. The first-order valence-electron chi connectivity index (χ1n) is 11.0. The van der Waals surface area contributed by atoms with Gasteiger partial charge in [0.05, 0.1) is 38.4 Å². The van der Waals surface area contributed by atoms with E-state index in [2.05, 4.69) is 30.7 Å². The van der Waals surface area contributed by atoms with Gasteiger partial charge in [-0.3, -0.25) is 0 Å². The maximum atomic E-state index is 5.36. The first kappa shape index (κ1) is 24.2. The van der Waals surface area contributed by atoms with Crippen LogP contribution in [-0.2, 0) is 0 Å². The molecule has 0 aliphatic rings. The molecule has 0 aliphatic heterocycles. The standard InChI is InChI=1S/C27H24N6O3/c1-34-25-13-7-4-10-22(25)31-28-19-16-20(29-32-23-11-5-8-14-26(23)35-2)18-21(17-19)30-33-24-12-6-9-15-27(24)36-3/h4-18H,1-3H3. The van der Waals surface area contributed by atoms with E-state index in [4.69, 9.17) is 14.2 Å². The zero-order valence-electron chi connectivity index (χ0n) is 20.1. The van der Waals surface area contributed by atoms with Crippen LogP contribution in [0.3, 0.4) is 0 Å². The third-order valence-corrected chi connectivity index (χ3v) is 4.96. The molecule has 0 bridgehead atoms. The Bertz CT molecular complexity index is 1240. The maximum absolute atomic E-state index is 5.36. The molecular formula is C27H24N6O3. The predicted octanol–water partition coefficient (Wildman–Crippen LogP) is 8.96. The molecule has 0 radical (unpaired) electrons. The van der Waals surface area contributed by atoms with Crippen LogP contribution in [0.15, 0.2) is 122 Å². The quantitative estimate of drug-likeness (QED) is 0.223. The average molecular weight is 481 g/mol. The summed E-state index contributed by atoms with van der Waals surface area (Å²) in [6, 6.07) is 27.3. The van der Waals surface area contributed by atoms with Crippen LogP contribution in [0, 0.1) is 0 Å². The first-order valence-corrected chi connectivity index (χ1v) is 11.0. The summed E-state index contributed by atoms with van der Waals surface area (Å²) in [4.78, 5) is 0. The molecule has 0 atom stereocenters. The minimum absolute atomic E-state index is 0.520. The molecule has 0 spiro atoms. The molecule has 180 valence electrons. The summed E-state index contributed by atoms with van der Waals surface area (Å²) in [5, 5.41) is 26.1. The minimum atomic E-state index is 0.520. The fourth-order valence-electron chi connectivity index (χ4n) is 3.22. The molecule has 0 N–H and O–H groups in total. The van der Waals surface area contributed by atoms with E-state index in [9.17, 15) is 0 Å². The summed E-state index contributed by atoms with van der Waals surface area (Å²) in [6.45, 7) is 0. The highest BCUT2D eigenvalue weighted by Gasteiger charge is 2.05. The highest BCUT2D eigenvalue weighted by Crippen LogP contribution is 2.35. The Morgan fingerprint density at radius 3 is 0.944 bits per heavy atom. The van der Waals surface area contributed by atoms with Gasteiger partial charge in [-0.05, 0) is 54.6 Å². The van der Waals surface area contributed by atoms with E-state index >= 15 is 0 Å².